The molecule has 7 nitrogen and oxygen atoms in total. The molecule has 0 bridgehead atoms. The molecule has 1 aliphatic heterocycles. The van der Waals surface area contributed by atoms with E-state index in [0.717, 1.165) is 48.3 Å². The number of nitrogens with zero attached hydrogens (tertiary/aromatic N) is 3. The lowest BCUT2D eigenvalue weighted by atomic mass is 10.00. The Morgan fingerprint density at radius 2 is 1.85 bits per heavy atom. The number of aromatic nitrogens is 1. The van der Waals surface area contributed by atoms with Crippen LogP contribution in [0.4, 0.5) is 0 Å². The third-order valence-corrected chi connectivity index (χ3v) is 6.60. The number of pyridine rings is 1. The maximum Gasteiger partial charge on any atom is 0.339 e. The number of piperazine rings is 1. The summed E-state index contributed by atoms with van der Waals surface area (Å²) in [5.74, 6) is 0.774. The number of aryl methyl sites for hydroxylation is 2. The summed E-state index contributed by atoms with van der Waals surface area (Å²) in [6, 6.07) is 9.77. The molecular weight excluding hydrogens is 418 g/mol. The fraction of sp³-hybridized carbons (Fsp3) is 0.423. The van der Waals surface area contributed by atoms with Crippen molar-refractivity contribution in [2.75, 3.05) is 39.8 Å². The third-order valence-electron chi connectivity index (χ3n) is 6.60. The molecule has 3 aromatic rings. The monoisotopic (exact) mass is 449 g/mol. The van der Waals surface area contributed by atoms with E-state index in [1.165, 1.54) is 0 Å². The standard InChI is InChI=1S/C26H31N3O4/c1-18-21-7-9-23(32-3)19(2)25(21)33-26(31)22(18)8-10-24(30)29-16-14-28(15-17-29)13-11-20-6-4-5-12-27-20/h4-7,9,12H,8,10-11,13-17H2,1-3H3. The Kier molecular flexibility index (Phi) is 7.08. The van der Waals surface area contributed by atoms with Gasteiger partial charge in [0, 0.05) is 74.0 Å². The lowest BCUT2D eigenvalue weighted by Gasteiger charge is -2.34. The maximum atomic E-state index is 12.8. The van der Waals surface area contributed by atoms with E-state index in [9.17, 15) is 9.59 Å². The van der Waals surface area contributed by atoms with Crippen LogP contribution in [0.1, 0.15) is 28.8 Å². The first-order chi connectivity index (χ1) is 16.0. The minimum atomic E-state index is -0.372. The molecule has 0 N–H and O–H groups in total. The predicted octanol–water partition coefficient (Wildman–Crippen LogP) is 3.13. The Bertz CT molecular complexity index is 1180. The van der Waals surface area contributed by atoms with Crippen molar-refractivity contribution in [3.8, 4) is 5.75 Å². The van der Waals surface area contributed by atoms with Gasteiger partial charge >= 0.3 is 5.63 Å². The molecule has 1 saturated heterocycles. The van der Waals surface area contributed by atoms with Crippen molar-refractivity contribution in [1.29, 1.82) is 0 Å². The van der Waals surface area contributed by atoms with E-state index < -0.39 is 0 Å². The van der Waals surface area contributed by atoms with Gasteiger partial charge in [0.1, 0.15) is 11.3 Å². The van der Waals surface area contributed by atoms with Gasteiger partial charge in [-0.2, -0.15) is 0 Å². The van der Waals surface area contributed by atoms with Crippen molar-refractivity contribution in [2.45, 2.75) is 33.1 Å². The van der Waals surface area contributed by atoms with Crippen molar-refractivity contribution in [1.82, 2.24) is 14.8 Å². The van der Waals surface area contributed by atoms with Gasteiger partial charge in [0.2, 0.25) is 5.91 Å². The molecule has 1 aromatic carbocycles. The molecule has 0 unspecified atom stereocenters. The Morgan fingerprint density at radius 1 is 1.06 bits per heavy atom. The molecule has 3 heterocycles. The van der Waals surface area contributed by atoms with Crippen LogP contribution in [0.2, 0.25) is 0 Å². The average molecular weight is 450 g/mol. The molecule has 4 rings (SSSR count). The van der Waals surface area contributed by atoms with E-state index in [4.69, 9.17) is 9.15 Å². The van der Waals surface area contributed by atoms with E-state index in [1.807, 2.05) is 55.3 Å². The van der Waals surface area contributed by atoms with Crippen molar-refractivity contribution in [2.24, 2.45) is 0 Å². The second kappa shape index (κ2) is 10.2. The minimum absolute atomic E-state index is 0.0872. The summed E-state index contributed by atoms with van der Waals surface area (Å²) >= 11 is 0. The van der Waals surface area contributed by atoms with Crippen molar-refractivity contribution in [3.05, 3.63) is 69.3 Å². The van der Waals surface area contributed by atoms with Crippen LogP contribution in [0.3, 0.4) is 0 Å². The number of rotatable bonds is 7. The Labute approximate surface area is 194 Å². The molecule has 33 heavy (non-hydrogen) atoms. The van der Waals surface area contributed by atoms with Crippen LogP contribution in [0.25, 0.3) is 11.0 Å². The van der Waals surface area contributed by atoms with Gasteiger partial charge < -0.3 is 14.1 Å². The second-order valence-electron chi connectivity index (χ2n) is 8.56. The van der Waals surface area contributed by atoms with Crippen LogP contribution in [0.15, 0.2) is 45.7 Å². The average Bonchev–Trinajstić information content (AvgIpc) is 2.84. The first-order valence-corrected chi connectivity index (χ1v) is 11.5. The van der Waals surface area contributed by atoms with Gasteiger partial charge in [0.25, 0.3) is 0 Å². The molecule has 0 saturated carbocycles. The smallest absolute Gasteiger partial charge is 0.339 e. The fourth-order valence-corrected chi connectivity index (χ4v) is 4.51. The van der Waals surface area contributed by atoms with Crippen molar-refractivity contribution < 1.29 is 13.9 Å². The summed E-state index contributed by atoms with van der Waals surface area (Å²) in [5.41, 5.74) is 3.53. The molecule has 1 amide bonds. The predicted molar refractivity (Wildman–Crippen MR) is 128 cm³/mol. The topological polar surface area (TPSA) is 75.9 Å². The first kappa shape index (κ1) is 23.0. The molecule has 174 valence electrons. The van der Waals surface area contributed by atoms with Gasteiger partial charge in [-0.3, -0.25) is 14.7 Å². The SMILES string of the molecule is COc1ccc2c(C)c(CCC(=O)N3CCN(CCc4ccccn4)CC3)c(=O)oc2c1C. The van der Waals surface area contributed by atoms with E-state index >= 15 is 0 Å². The van der Waals surface area contributed by atoms with Crippen LogP contribution in [-0.4, -0.2) is 60.5 Å². The largest absolute Gasteiger partial charge is 0.496 e. The third kappa shape index (κ3) is 5.09. The highest BCUT2D eigenvalue weighted by Gasteiger charge is 2.22. The van der Waals surface area contributed by atoms with Crippen LogP contribution < -0.4 is 10.4 Å². The van der Waals surface area contributed by atoms with Crippen LogP contribution >= 0.6 is 0 Å². The number of fused-ring (bicyclic) bond motifs is 1. The zero-order chi connectivity index (χ0) is 23.4. The van der Waals surface area contributed by atoms with Crippen molar-refractivity contribution in [3.63, 3.8) is 0 Å². The van der Waals surface area contributed by atoms with Crippen molar-refractivity contribution >= 4 is 16.9 Å². The zero-order valence-electron chi connectivity index (χ0n) is 19.6. The minimum Gasteiger partial charge on any atom is -0.496 e. The molecule has 2 aromatic heterocycles. The lowest BCUT2D eigenvalue weighted by Crippen LogP contribution is -2.49. The molecular formula is C26H31N3O4. The molecule has 0 atom stereocenters. The molecule has 0 spiro atoms. The molecule has 1 fully saturated rings. The molecule has 1 aliphatic rings. The number of ether oxygens (including phenoxy) is 1. The number of benzene rings is 1. The zero-order valence-corrected chi connectivity index (χ0v) is 19.6. The van der Waals surface area contributed by atoms with E-state index in [2.05, 4.69) is 9.88 Å². The van der Waals surface area contributed by atoms with E-state index in [0.29, 0.717) is 42.8 Å². The van der Waals surface area contributed by atoms with Gasteiger partial charge in [-0.05, 0) is 50.1 Å². The van der Waals surface area contributed by atoms with E-state index in [1.54, 1.807) is 7.11 Å². The first-order valence-electron chi connectivity index (χ1n) is 11.5. The van der Waals surface area contributed by atoms with Gasteiger partial charge in [-0.1, -0.05) is 6.07 Å². The number of carbonyl (C=O) groups excluding carboxylic acids is 1. The van der Waals surface area contributed by atoms with Crippen LogP contribution in [-0.2, 0) is 17.6 Å². The highest BCUT2D eigenvalue weighted by molar-refractivity contribution is 5.85. The number of methoxy groups -OCH3 is 1. The number of carbonyl (C=O) groups is 1. The summed E-state index contributed by atoms with van der Waals surface area (Å²) in [4.78, 5) is 34.2. The highest BCUT2D eigenvalue weighted by Crippen LogP contribution is 2.29. The van der Waals surface area contributed by atoms with E-state index in [-0.39, 0.29) is 11.5 Å². The quantitative estimate of drug-likeness (QED) is 0.516. The summed E-state index contributed by atoms with van der Waals surface area (Å²) in [6.45, 7) is 7.89. The van der Waals surface area contributed by atoms with Crippen LogP contribution in [0.5, 0.6) is 5.75 Å². The number of hydrogen-bond acceptors (Lipinski definition) is 6. The summed E-state index contributed by atoms with van der Waals surface area (Å²) in [5, 5.41) is 0.886. The summed E-state index contributed by atoms with van der Waals surface area (Å²) in [6.07, 6.45) is 3.42. The Balaban J connectivity index is 1.34. The normalized spacial score (nSPS) is 14.6. The highest BCUT2D eigenvalue weighted by atomic mass is 16.5. The molecule has 0 radical (unpaired) electrons. The lowest BCUT2D eigenvalue weighted by molar-refractivity contribution is -0.132. The molecule has 0 aliphatic carbocycles. The van der Waals surface area contributed by atoms with Crippen LogP contribution in [0, 0.1) is 13.8 Å². The Morgan fingerprint density at radius 3 is 2.55 bits per heavy atom. The fourth-order valence-electron chi connectivity index (χ4n) is 4.51. The number of amides is 1. The Hall–Kier alpha value is -3.19. The maximum absolute atomic E-state index is 12.8. The summed E-state index contributed by atoms with van der Waals surface area (Å²) < 4.78 is 11.0. The van der Waals surface area contributed by atoms with Gasteiger partial charge in [0.05, 0.1) is 7.11 Å². The summed E-state index contributed by atoms with van der Waals surface area (Å²) in [7, 11) is 1.60. The van der Waals surface area contributed by atoms with Gasteiger partial charge in [-0.15, -0.1) is 0 Å². The van der Waals surface area contributed by atoms with Gasteiger partial charge in [0.15, 0.2) is 0 Å². The molecule has 7 heteroatoms. The van der Waals surface area contributed by atoms with Gasteiger partial charge in [-0.25, -0.2) is 4.79 Å². The number of hydrogen-bond donors (Lipinski definition) is 0. The second-order valence-corrected chi connectivity index (χ2v) is 8.56.